The maximum absolute atomic E-state index is 5.28. The minimum Gasteiger partial charge on any atom is -0.382 e. The minimum absolute atomic E-state index is 0.127. The topological polar surface area (TPSA) is 42.5 Å². The summed E-state index contributed by atoms with van der Waals surface area (Å²) in [5.41, 5.74) is 0.170. The molecule has 2 unspecified atom stereocenters. The Kier molecular flexibility index (Phi) is 7.93. The van der Waals surface area contributed by atoms with E-state index in [-0.39, 0.29) is 11.6 Å². The Morgan fingerprint density at radius 1 is 1.12 bits per heavy atom. The highest BCUT2D eigenvalue weighted by Gasteiger charge is 2.12. The first-order valence-electron chi connectivity index (χ1n) is 5.89. The van der Waals surface area contributed by atoms with Crippen molar-refractivity contribution >= 4 is 0 Å². The molecule has 0 aliphatic heterocycles. The average Bonchev–Trinajstić information content (AvgIpc) is 2.20. The molecule has 98 valence electrons. The molecule has 0 heterocycles. The Labute approximate surface area is 100 Å². The van der Waals surface area contributed by atoms with Crippen molar-refractivity contribution in [1.82, 2.24) is 10.6 Å². The maximum atomic E-state index is 5.28. The summed E-state index contributed by atoms with van der Waals surface area (Å²) in [6.07, 6.45) is 0.127. The molecule has 0 rings (SSSR count). The van der Waals surface area contributed by atoms with Gasteiger partial charge in [0.1, 0.15) is 0 Å². The maximum Gasteiger partial charge on any atom is 0.0928 e. The third kappa shape index (κ3) is 9.09. The van der Waals surface area contributed by atoms with Crippen LogP contribution in [0.2, 0.25) is 0 Å². The molecule has 4 heteroatoms. The second-order valence-electron chi connectivity index (χ2n) is 5.25. The van der Waals surface area contributed by atoms with Gasteiger partial charge in [-0.05, 0) is 27.7 Å². The van der Waals surface area contributed by atoms with E-state index in [1.807, 2.05) is 0 Å². The van der Waals surface area contributed by atoms with Crippen molar-refractivity contribution in [2.24, 2.45) is 0 Å². The highest BCUT2D eigenvalue weighted by atomic mass is 16.5. The van der Waals surface area contributed by atoms with E-state index in [1.165, 1.54) is 0 Å². The standard InChI is InChI=1S/C12H28N2O2/c1-10(7-14-12(2,3)4)13-8-11(16-6)9-15-5/h10-11,13-14H,7-9H2,1-6H3. The highest BCUT2D eigenvalue weighted by Crippen LogP contribution is 1.98. The summed E-state index contributed by atoms with van der Waals surface area (Å²) in [4.78, 5) is 0. The number of methoxy groups -OCH3 is 2. The Bertz CT molecular complexity index is 169. The molecule has 0 aliphatic rings. The van der Waals surface area contributed by atoms with Crippen LogP contribution in [-0.2, 0) is 9.47 Å². The predicted octanol–water partition coefficient (Wildman–Crippen LogP) is 1.01. The van der Waals surface area contributed by atoms with E-state index in [4.69, 9.17) is 9.47 Å². The van der Waals surface area contributed by atoms with Crippen molar-refractivity contribution in [1.29, 1.82) is 0 Å². The largest absolute Gasteiger partial charge is 0.382 e. The zero-order valence-corrected chi connectivity index (χ0v) is 11.6. The first-order chi connectivity index (χ1) is 7.39. The third-order valence-corrected chi connectivity index (χ3v) is 2.32. The molecule has 0 amide bonds. The molecule has 0 spiro atoms. The molecule has 0 aromatic heterocycles. The SMILES string of the molecule is COCC(CNC(C)CNC(C)(C)C)OC. The Hall–Kier alpha value is -0.160. The number of ether oxygens (including phenoxy) is 2. The Morgan fingerprint density at radius 3 is 2.19 bits per heavy atom. The molecular weight excluding hydrogens is 204 g/mol. The number of rotatable bonds is 8. The molecule has 0 saturated heterocycles. The quantitative estimate of drug-likeness (QED) is 0.655. The van der Waals surface area contributed by atoms with Gasteiger partial charge >= 0.3 is 0 Å². The van der Waals surface area contributed by atoms with E-state index >= 15 is 0 Å². The molecule has 0 saturated carbocycles. The summed E-state index contributed by atoms with van der Waals surface area (Å²) in [6, 6.07) is 0.425. The lowest BCUT2D eigenvalue weighted by Crippen LogP contribution is -2.46. The van der Waals surface area contributed by atoms with Crippen molar-refractivity contribution in [2.75, 3.05) is 33.9 Å². The molecular formula is C12H28N2O2. The molecule has 2 N–H and O–H groups in total. The van der Waals surface area contributed by atoms with Crippen LogP contribution in [0.4, 0.5) is 0 Å². The van der Waals surface area contributed by atoms with Gasteiger partial charge in [0, 0.05) is 38.9 Å². The minimum atomic E-state index is 0.127. The summed E-state index contributed by atoms with van der Waals surface area (Å²) in [5, 5.41) is 6.88. The van der Waals surface area contributed by atoms with E-state index in [1.54, 1.807) is 14.2 Å². The Morgan fingerprint density at radius 2 is 1.75 bits per heavy atom. The summed E-state index contributed by atoms with van der Waals surface area (Å²) < 4.78 is 10.3. The van der Waals surface area contributed by atoms with Crippen LogP contribution in [0, 0.1) is 0 Å². The van der Waals surface area contributed by atoms with Crippen LogP contribution in [0.5, 0.6) is 0 Å². The van der Waals surface area contributed by atoms with Crippen molar-refractivity contribution in [3.8, 4) is 0 Å². The van der Waals surface area contributed by atoms with Crippen molar-refractivity contribution in [3.05, 3.63) is 0 Å². The van der Waals surface area contributed by atoms with Crippen LogP contribution in [0.15, 0.2) is 0 Å². The van der Waals surface area contributed by atoms with Crippen LogP contribution < -0.4 is 10.6 Å². The lowest BCUT2D eigenvalue weighted by atomic mass is 10.1. The van der Waals surface area contributed by atoms with Crippen LogP contribution in [0.3, 0.4) is 0 Å². The van der Waals surface area contributed by atoms with E-state index in [0.717, 1.165) is 13.1 Å². The fourth-order valence-corrected chi connectivity index (χ4v) is 1.26. The first-order valence-corrected chi connectivity index (χ1v) is 5.89. The molecule has 0 aromatic carbocycles. The average molecular weight is 232 g/mol. The monoisotopic (exact) mass is 232 g/mol. The molecule has 0 aromatic rings. The molecule has 0 aliphatic carbocycles. The third-order valence-electron chi connectivity index (χ3n) is 2.32. The zero-order valence-electron chi connectivity index (χ0n) is 11.6. The lowest BCUT2D eigenvalue weighted by molar-refractivity contribution is 0.0276. The highest BCUT2D eigenvalue weighted by molar-refractivity contribution is 4.75. The second-order valence-corrected chi connectivity index (χ2v) is 5.25. The second kappa shape index (κ2) is 8.01. The van der Waals surface area contributed by atoms with Crippen molar-refractivity contribution in [3.63, 3.8) is 0 Å². The molecule has 0 fully saturated rings. The van der Waals surface area contributed by atoms with E-state index in [2.05, 4.69) is 38.3 Å². The summed E-state index contributed by atoms with van der Waals surface area (Å²) in [5.74, 6) is 0. The van der Waals surface area contributed by atoms with Gasteiger partial charge in [0.25, 0.3) is 0 Å². The van der Waals surface area contributed by atoms with Gasteiger partial charge in [0.2, 0.25) is 0 Å². The van der Waals surface area contributed by atoms with E-state index in [9.17, 15) is 0 Å². The van der Waals surface area contributed by atoms with Gasteiger partial charge in [-0.1, -0.05) is 0 Å². The van der Waals surface area contributed by atoms with Gasteiger partial charge in [-0.25, -0.2) is 0 Å². The lowest BCUT2D eigenvalue weighted by Gasteiger charge is -2.25. The van der Waals surface area contributed by atoms with Gasteiger partial charge in [-0.15, -0.1) is 0 Å². The number of hydrogen-bond donors (Lipinski definition) is 2. The fraction of sp³-hybridized carbons (Fsp3) is 1.00. The van der Waals surface area contributed by atoms with Crippen molar-refractivity contribution in [2.45, 2.75) is 45.4 Å². The van der Waals surface area contributed by atoms with Gasteiger partial charge in [0.15, 0.2) is 0 Å². The number of hydrogen-bond acceptors (Lipinski definition) is 4. The van der Waals surface area contributed by atoms with Crippen LogP contribution >= 0.6 is 0 Å². The van der Waals surface area contributed by atoms with Gasteiger partial charge in [-0.2, -0.15) is 0 Å². The zero-order chi connectivity index (χ0) is 12.6. The first kappa shape index (κ1) is 15.8. The van der Waals surface area contributed by atoms with Gasteiger partial charge in [-0.3, -0.25) is 0 Å². The van der Waals surface area contributed by atoms with Crippen LogP contribution in [0.1, 0.15) is 27.7 Å². The molecule has 0 radical (unpaired) electrons. The fourth-order valence-electron chi connectivity index (χ4n) is 1.26. The molecule has 0 bridgehead atoms. The Balaban J connectivity index is 3.66. The van der Waals surface area contributed by atoms with E-state index < -0.39 is 0 Å². The van der Waals surface area contributed by atoms with Crippen LogP contribution in [-0.4, -0.2) is 51.6 Å². The summed E-state index contributed by atoms with van der Waals surface area (Å²) in [7, 11) is 3.40. The van der Waals surface area contributed by atoms with Gasteiger partial charge < -0.3 is 20.1 Å². The summed E-state index contributed by atoms with van der Waals surface area (Å²) in [6.45, 7) is 11.1. The predicted molar refractivity (Wildman–Crippen MR) is 67.9 cm³/mol. The molecule has 16 heavy (non-hydrogen) atoms. The van der Waals surface area contributed by atoms with Crippen LogP contribution in [0.25, 0.3) is 0 Å². The summed E-state index contributed by atoms with van der Waals surface area (Å²) >= 11 is 0. The normalized spacial score (nSPS) is 16.1. The van der Waals surface area contributed by atoms with Gasteiger partial charge in [0.05, 0.1) is 12.7 Å². The van der Waals surface area contributed by atoms with E-state index in [0.29, 0.717) is 12.6 Å². The molecule has 2 atom stereocenters. The smallest absolute Gasteiger partial charge is 0.0928 e. The van der Waals surface area contributed by atoms with Crippen molar-refractivity contribution < 1.29 is 9.47 Å². The molecule has 4 nitrogen and oxygen atoms in total. The number of nitrogens with one attached hydrogen (secondary N) is 2.